The minimum absolute atomic E-state index is 0.0866. The quantitative estimate of drug-likeness (QED) is 0.205. The molecule has 1 rings (SSSR count). The molecular weight excluding hydrogens is 240 g/mol. The van der Waals surface area contributed by atoms with Crippen molar-refractivity contribution in [2.75, 3.05) is 13.4 Å². The van der Waals surface area contributed by atoms with Crippen LogP contribution in [0, 0.1) is 0 Å². The molecule has 1 aromatic rings. The summed E-state index contributed by atoms with van der Waals surface area (Å²) < 4.78 is 4.52. The van der Waals surface area contributed by atoms with Crippen LogP contribution in [0.2, 0.25) is 0 Å². The van der Waals surface area contributed by atoms with E-state index in [4.69, 9.17) is 5.53 Å². The van der Waals surface area contributed by atoms with Crippen LogP contribution in [0.3, 0.4) is 0 Å². The van der Waals surface area contributed by atoms with E-state index < -0.39 is 5.97 Å². The maximum Gasteiger partial charge on any atom is 0.340 e. The molecule has 0 saturated heterocycles. The molecule has 0 aliphatic rings. The second-order valence-corrected chi connectivity index (χ2v) is 3.68. The van der Waals surface area contributed by atoms with Gasteiger partial charge in [0.15, 0.2) is 0 Å². The van der Waals surface area contributed by atoms with Crippen LogP contribution in [0.4, 0.5) is 0 Å². The van der Waals surface area contributed by atoms with Gasteiger partial charge in [-0.15, -0.1) is 11.8 Å². The third-order valence-corrected chi connectivity index (χ3v) is 2.66. The van der Waals surface area contributed by atoms with Crippen LogP contribution in [0.1, 0.15) is 5.56 Å². The molecule has 0 aromatic carbocycles. The van der Waals surface area contributed by atoms with Crippen molar-refractivity contribution < 1.29 is 9.53 Å². The zero-order valence-electron chi connectivity index (χ0n) is 9.32. The number of esters is 1. The van der Waals surface area contributed by atoms with Crippen molar-refractivity contribution in [3.05, 3.63) is 40.2 Å². The highest BCUT2D eigenvalue weighted by atomic mass is 32.2. The lowest BCUT2D eigenvalue weighted by Gasteiger charge is -2.03. The number of nitrogens with zero attached hydrogens (tertiary/aromatic N) is 4. The number of rotatable bonds is 4. The monoisotopic (exact) mass is 250 g/mol. The summed E-state index contributed by atoms with van der Waals surface area (Å²) in [5, 5.41) is 3.30. The molecule has 0 radical (unpaired) electrons. The number of carbonyl (C=O) groups excluding carboxylic acids is 1. The second-order valence-electron chi connectivity index (χ2n) is 2.83. The number of methoxy groups -OCH3 is 1. The predicted octanol–water partition coefficient (Wildman–Crippen LogP) is 2.63. The van der Waals surface area contributed by atoms with Gasteiger partial charge < -0.3 is 4.74 Å². The van der Waals surface area contributed by atoms with E-state index in [0.29, 0.717) is 0 Å². The van der Waals surface area contributed by atoms with Gasteiger partial charge in [0.1, 0.15) is 5.70 Å². The summed E-state index contributed by atoms with van der Waals surface area (Å²) in [6, 6.07) is 1.72. The molecule has 0 unspecified atom stereocenters. The van der Waals surface area contributed by atoms with Gasteiger partial charge in [-0.2, -0.15) is 0 Å². The molecule has 0 aliphatic heterocycles. The van der Waals surface area contributed by atoms with E-state index in [0.717, 1.165) is 10.5 Å². The van der Waals surface area contributed by atoms with Crippen LogP contribution in [0.25, 0.3) is 16.5 Å². The molecule has 0 fully saturated rings. The molecule has 0 atom stereocenters. The van der Waals surface area contributed by atoms with E-state index in [9.17, 15) is 4.79 Å². The van der Waals surface area contributed by atoms with Crippen molar-refractivity contribution in [1.29, 1.82) is 0 Å². The Kier molecular flexibility index (Phi) is 5.06. The molecule has 0 bridgehead atoms. The zero-order valence-corrected chi connectivity index (χ0v) is 10.1. The Hall–Kier alpha value is -1.98. The second kappa shape index (κ2) is 6.57. The van der Waals surface area contributed by atoms with Crippen LogP contribution in [-0.4, -0.2) is 24.3 Å². The van der Waals surface area contributed by atoms with E-state index in [1.165, 1.54) is 24.9 Å². The molecule has 0 aliphatic carbocycles. The topological polar surface area (TPSA) is 88.0 Å². The fourth-order valence-electron chi connectivity index (χ4n) is 1.11. The largest absolute Gasteiger partial charge is 0.466 e. The lowest BCUT2D eigenvalue weighted by molar-refractivity contribution is -0.136. The van der Waals surface area contributed by atoms with E-state index in [2.05, 4.69) is 19.7 Å². The summed E-state index contributed by atoms with van der Waals surface area (Å²) in [4.78, 5) is 18.8. The van der Waals surface area contributed by atoms with Crippen LogP contribution >= 0.6 is 11.8 Å². The van der Waals surface area contributed by atoms with Gasteiger partial charge in [-0.3, -0.25) is 4.98 Å². The van der Waals surface area contributed by atoms with E-state index in [1.807, 2.05) is 6.26 Å². The van der Waals surface area contributed by atoms with Crippen molar-refractivity contribution in [3.63, 3.8) is 0 Å². The average Bonchev–Trinajstić information content (AvgIpc) is 2.38. The van der Waals surface area contributed by atoms with Gasteiger partial charge in [-0.1, -0.05) is 5.11 Å². The third kappa shape index (κ3) is 3.51. The molecular formula is C10H10N4O2S. The lowest BCUT2D eigenvalue weighted by atomic mass is 10.2. The lowest BCUT2D eigenvalue weighted by Crippen LogP contribution is -2.02. The number of carbonyl (C=O) groups is 1. The minimum atomic E-state index is -0.674. The van der Waals surface area contributed by atoms with Gasteiger partial charge >= 0.3 is 5.97 Å². The number of azide groups is 1. The fourth-order valence-corrected chi connectivity index (χ4v) is 1.64. The van der Waals surface area contributed by atoms with Crippen LogP contribution in [0.5, 0.6) is 0 Å². The summed E-state index contributed by atoms with van der Waals surface area (Å²) in [5.41, 5.74) is 9.04. The van der Waals surface area contributed by atoms with Gasteiger partial charge in [0.25, 0.3) is 0 Å². The first-order chi connectivity index (χ1) is 8.22. The molecule has 0 saturated carbocycles. The number of hydrogen-bond donors (Lipinski definition) is 0. The molecule has 1 heterocycles. The number of thioether (sulfide) groups is 1. The number of ether oxygens (including phenoxy) is 1. The van der Waals surface area contributed by atoms with Crippen molar-refractivity contribution in [3.8, 4) is 0 Å². The molecule has 7 heteroatoms. The molecule has 6 nitrogen and oxygen atoms in total. The fraction of sp³-hybridized carbons (Fsp3) is 0.200. The highest BCUT2D eigenvalue weighted by molar-refractivity contribution is 7.98. The molecule has 0 N–H and O–H groups in total. The van der Waals surface area contributed by atoms with E-state index in [-0.39, 0.29) is 5.70 Å². The summed E-state index contributed by atoms with van der Waals surface area (Å²) in [7, 11) is 1.23. The van der Waals surface area contributed by atoms with Crippen LogP contribution in [0.15, 0.2) is 34.2 Å². The third-order valence-electron chi connectivity index (χ3n) is 1.88. The Morgan fingerprint density at radius 2 is 2.47 bits per heavy atom. The van der Waals surface area contributed by atoms with Gasteiger partial charge in [-0.25, -0.2) is 4.79 Å². The first kappa shape index (κ1) is 13.1. The molecule has 0 spiro atoms. The summed E-state index contributed by atoms with van der Waals surface area (Å²) in [5.74, 6) is -0.674. The zero-order chi connectivity index (χ0) is 12.7. The predicted molar refractivity (Wildman–Crippen MR) is 65.2 cm³/mol. The molecule has 17 heavy (non-hydrogen) atoms. The van der Waals surface area contributed by atoms with Crippen LogP contribution in [-0.2, 0) is 9.53 Å². The summed E-state index contributed by atoms with van der Waals surface area (Å²) in [6.45, 7) is 0. The summed E-state index contributed by atoms with van der Waals surface area (Å²) >= 11 is 1.48. The Morgan fingerprint density at radius 3 is 3.06 bits per heavy atom. The average molecular weight is 250 g/mol. The van der Waals surface area contributed by atoms with Crippen molar-refractivity contribution in [1.82, 2.24) is 4.98 Å². The number of aromatic nitrogens is 1. The molecule has 88 valence electrons. The number of pyridine rings is 1. The first-order valence-electron chi connectivity index (χ1n) is 4.56. The summed E-state index contributed by atoms with van der Waals surface area (Å²) in [6.07, 6.45) is 6.62. The van der Waals surface area contributed by atoms with Gasteiger partial charge in [0, 0.05) is 22.2 Å². The first-order valence-corrected chi connectivity index (χ1v) is 5.78. The minimum Gasteiger partial charge on any atom is -0.466 e. The SMILES string of the molecule is COC(=O)/C(=C/c1ccncc1SC)N=[N+]=[N-]. The number of hydrogen-bond acceptors (Lipinski definition) is 5. The Morgan fingerprint density at radius 1 is 1.71 bits per heavy atom. The van der Waals surface area contributed by atoms with E-state index >= 15 is 0 Å². The maximum atomic E-state index is 11.3. The van der Waals surface area contributed by atoms with E-state index in [1.54, 1.807) is 18.5 Å². The molecule has 0 amide bonds. The van der Waals surface area contributed by atoms with Gasteiger partial charge in [0.2, 0.25) is 0 Å². The van der Waals surface area contributed by atoms with Gasteiger partial charge in [-0.05, 0) is 29.5 Å². The Balaban J connectivity index is 3.21. The highest BCUT2D eigenvalue weighted by Gasteiger charge is 2.08. The van der Waals surface area contributed by atoms with Gasteiger partial charge in [0.05, 0.1) is 7.11 Å². The normalized spacial score (nSPS) is 10.6. The maximum absolute atomic E-state index is 11.3. The van der Waals surface area contributed by atoms with Crippen molar-refractivity contribution >= 4 is 23.8 Å². The van der Waals surface area contributed by atoms with Crippen molar-refractivity contribution in [2.24, 2.45) is 5.11 Å². The van der Waals surface area contributed by atoms with Crippen LogP contribution < -0.4 is 0 Å². The van der Waals surface area contributed by atoms with Crippen molar-refractivity contribution in [2.45, 2.75) is 4.90 Å². The Labute approximate surface area is 102 Å². The highest BCUT2D eigenvalue weighted by Crippen LogP contribution is 2.21. The Bertz CT molecular complexity index is 495. The standard InChI is InChI=1S/C10H10N4O2S/c1-16-10(15)8(13-14-11)5-7-3-4-12-6-9(7)17-2/h3-6H,1-2H3/b8-5-. The smallest absolute Gasteiger partial charge is 0.340 e. The molecule has 1 aromatic heterocycles.